The zero-order valence-corrected chi connectivity index (χ0v) is 13.4. The maximum Gasteiger partial charge on any atom is 0.00472 e. The lowest BCUT2D eigenvalue weighted by molar-refractivity contribution is -0.0219. The molecule has 2 rings (SSSR count). The standard InChI is InChI=1S/C18H33N/c1-4-12-19-15-18(16-10-8-7-9-11-16)13-17(5-2,6-3)14-18/h10,19H,4-9,11-15H2,1-3H3. The van der Waals surface area contributed by atoms with Gasteiger partial charge < -0.3 is 5.32 Å². The molecular formula is C18H33N. The normalized spacial score (nSPS) is 24.7. The van der Waals surface area contributed by atoms with Crippen LogP contribution in [0.4, 0.5) is 0 Å². The van der Waals surface area contributed by atoms with Crippen LogP contribution in [0.5, 0.6) is 0 Å². The fourth-order valence-corrected chi connectivity index (χ4v) is 4.42. The van der Waals surface area contributed by atoms with Crippen molar-refractivity contribution in [2.24, 2.45) is 10.8 Å². The molecule has 19 heavy (non-hydrogen) atoms. The van der Waals surface area contributed by atoms with Gasteiger partial charge >= 0.3 is 0 Å². The van der Waals surface area contributed by atoms with E-state index >= 15 is 0 Å². The Labute approximate surface area is 120 Å². The van der Waals surface area contributed by atoms with Crippen LogP contribution >= 0.6 is 0 Å². The Morgan fingerprint density at radius 1 is 1.11 bits per heavy atom. The molecule has 0 atom stereocenters. The van der Waals surface area contributed by atoms with E-state index in [0.29, 0.717) is 10.8 Å². The zero-order valence-electron chi connectivity index (χ0n) is 13.4. The minimum absolute atomic E-state index is 0.529. The quantitative estimate of drug-likeness (QED) is 0.499. The molecule has 1 heteroatoms. The second kappa shape index (κ2) is 6.43. The lowest BCUT2D eigenvalue weighted by Crippen LogP contribution is -2.52. The van der Waals surface area contributed by atoms with E-state index in [9.17, 15) is 0 Å². The fourth-order valence-electron chi connectivity index (χ4n) is 4.42. The van der Waals surface area contributed by atoms with Crippen LogP contribution in [-0.2, 0) is 0 Å². The Balaban J connectivity index is 2.05. The van der Waals surface area contributed by atoms with Gasteiger partial charge in [-0.2, -0.15) is 0 Å². The molecule has 0 bridgehead atoms. The predicted octanol–water partition coefficient (Wildman–Crippen LogP) is 5.07. The van der Waals surface area contributed by atoms with Crippen LogP contribution in [0.15, 0.2) is 11.6 Å². The summed E-state index contributed by atoms with van der Waals surface area (Å²) in [5.74, 6) is 0. The number of rotatable bonds is 7. The van der Waals surface area contributed by atoms with Crippen molar-refractivity contribution in [3.63, 3.8) is 0 Å². The second-order valence-electron chi connectivity index (χ2n) is 6.99. The molecule has 110 valence electrons. The van der Waals surface area contributed by atoms with Crippen LogP contribution in [-0.4, -0.2) is 13.1 Å². The molecule has 0 aromatic carbocycles. The molecule has 0 spiro atoms. The topological polar surface area (TPSA) is 12.0 Å². The molecule has 1 N–H and O–H groups in total. The van der Waals surface area contributed by atoms with Crippen molar-refractivity contribution in [2.45, 2.75) is 78.6 Å². The summed E-state index contributed by atoms with van der Waals surface area (Å²) in [5, 5.41) is 3.72. The van der Waals surface area contributed by atoms with Crippen LogP contribution in [0, 0.1) is 10.8 Å². The third-order valence-electron chi connectivity index (χ3n) is 5.79. The molecule has 2 aliphatic rings. The highest BCUT2D eigenvalue weighted by atomic mass is 14.9. The molecule has 0 unspecified atom stereocenters. The van der Waals surface area contributed by atoms with E-state index < -0.39 is 0 Å². The third-order valence-corrected chi connectivity index (χ3v) is 5.79. The molecule has 1 saturated carbocycles. The summed E-state index contributed by atoms with van der Waals surface area (Å²) in [7, 11) is 0. The molecular weight excluding hydrogens is 230 g/mol. The summed E-state index contributed by atoms with van der Waals surface area (Å²) >= 11 is 0. The number of allylic oxidation sites excluding steroid dienone is 1. The van der Waals surface area contributed by atoms with Crippen LogP contribution in [0.25, 0.3) is 0 Å². The Hall–Kier alpha value is -0.300. The summed E-state index contributed by atoms with van der Waals surface area (Å²) < 4.78 is 0. The molecule has 0 aliphatic heterocycles. The highest BCUT2D eigenvalue weighted by Crippen LogP contribution is 2.62. The Morgan fingerprint density at radius 2 is 1.84 bits per heavy atom. The van der Waals surface area contributed by atoms with E-state index in [-0.39, 0.29) is 0 Å². The summed E-state index contributed by atoms with van der Waals surface area (Å²) in [5.41, 5.74) is 2.99. The van der Waals surface area contributed by atoms with Crippen molar-refractivity contribution in [3.8, 4) is 0 Å². The van der Waals surface area contributed by atoms with Gasteiger partial charge in [-0.1, -0.05) is 45.3 Å². The Morgan fingerprint density at radius 3 is 2.37 bits per heavy atom. The lowest BCUT2D eigenvalue weighted by atomic mass is 9.47. The lowest BCUT2D eigenvalue weighted by Gasteiger charge is -2.58. The van der Waals surface area contributed by atoms with E-state index in [2.05, 4.69) is 32.2 Å². The number of nitrogens with one attached hydrogen (secondary N) is 1. The smallest absolute Gasteiger partial charge is 0.00472 e. The first-order valence-electron chi connectivity index (χ1n) is 8.60. The van der Waals surface area contributed by atoms with Crippen LogP contribution < -0.4 is 5.32 Å². The Kier molecular flexibility index (Phi) is 5.11. The second-order valence-corrected chi connectivity index (χ2v) is 6.99. The summed E-state index contributed by atoms with van der Waals surface area (Å²) in [6.07, 6.45) is 15.0. The van der Waals surface area contributed by atoms with Gasteiger partial charge in [0.05, 0.1) is 0 Å². The van der Waals surface area contributed by atoms with E-state index in [1.807, 2.05) is 0 Å². The number of hydrogen-bond donors (Lipinski definition) is 1. The average molecular weight is 263 g/mol. The van der Waals surface area contributed by atoms with Crippen LogP contribution in [0.2, 0.25) is 0 Å². The van der Waals surface area contributed by atoms with Gasteiger partial charge in [0.1, 0.15) is 0 Å². The first kappa shape index (κ1) is 15.1. The van der Waals surface area contributed by atoms with Gasteiger partial charge in [-0.3, -0.25) is 0 Å². The van der Waals surface area contributed by atoms with Crippen molar-refractivity contribution in [1.82, 2.24) is 5.32 Å². The van der Waals surface area contributed by atoms with Gasteiger partial charge in [-0.05, 0) is 56.9 Å². The van der Waals surface area contributed by atoms with Crippen molar-refractivity contribution < 1.29 is 0 Å². The molecule has 2 aliphatic carbocycles. The van der Waals surface area contributed by atoms with Gasteiger partial charge in [0.25, 0.3) is 0 Å². The fraction of sp³-hybridized carbons (Fsp3) is 0.889. The van der Waals surface area contributed by atoms with Gasteiger partial charge in [0.15, 0.2) is 0 Å². The molecule has 0 amide bonds. The summed E-state index contributed by atoms with van der Waals surface area (Å²) in [6.45, 7) is 9.46. The predicted molar refractivity (Wildman–Crippen MR) is 84.4 cm³/mol. The van der Waals surface area contributed by atoms with Crippen molar-refractivity contribution >= 4 is 0 Å². The van der Waals surface area contributed by atoms with E-state index in [4.69, 9.17) is 0 Å². The summed E-state index contributed by atoms with van der Waals surface area (Å²) in [4.78, 5) is 0. The van der Waals surface area contributed by atoms with Crippen molar-refractivity contribution in [1.29, 1.82) is 0 Å². The van der Waals surface area contributed by atoms with Crippen molar-refractivity contribution in [3.05, 3.63) is 11.6 Å². The molecule has 1 nitrogen and oxygen atoms in total. The zero-order chi connectivity index (χ0) is 13.8. The molecule has 0 radical (unpaired) electrons. The number of hydrogen-bond acceptors (Lipinski definition) is 1. The Bertz CT molecular complexity index is 304. The monoisotopic (exact) mass is 263 g/mol. The van der Waals surface area contributed by atoms with E-state index in [0.717, 1.165) is 0 Å². The average Bonchev–Trinajstić information content (AvgIpc) is 2.43. The molecule has 0 heterocycles. The van der Waals surface area contributed by atoms with Gasteiger partial charge in [0, 0.05) is 12.0 Å². The highest BCUT2D eigenvalue weighted by molar-refractivity contribution is 5.24. The van der Waals surface area contributed by atoms with Gasteiger partial charge in [-0.25, -0.2) is 0 Å². The highest BCUT2D eigenvalue weighted by Gasteiger charge is 2.53. The SMILES string of the molecule is CCCNCC1(C2=CCCCC2)CC(CC)(CC)C1. The largest absolute Gasteiger partial charge is 0.316 e. The first-order chi connectivity index (χ1) is 9.20. The van der Waals surface area contributed by atoms with E-state index in [1.165, 1.54) is 70.9 Å². The van der Waals surface area contributed by atoms with E-state index in [1.54, 1.807) is 5.57 Å². The van der Waals surface area contributed by atoms with Crippen LogP contribution in [0.3, 0.4) is 0 Å². The van der Waals surface area contributed by atoms with Crippen LogP contribution in [0.1, 0.15) is 78.6 Å². The third kappa shape index (κ3) is 3.07. The minimum Gasteiger partial charge on any atom is -0.316 e. The summed E-state index contributed by atoms with van der Waals surface area (Å²) in [6, 6.07) is 0. The molecule has 0 aromatic heterocycles. The van der Waals surface area contributed by atoms with Gasteiger partial charge in [0.2, 0.25) is 0 Å². The minimum atomic E-state index is 0.529. The maximum absolute atomic E-state index is 3.72. The first-order valence-corrected chi connectivity index (χ1v) is 8.60. The maximum atomic E-state index is 3.72. The molecule has 0 saturated heterocycles. The molecule has 0 aromatic rings. The van der Waals surface area contributed by atoms with Gasteiger partial charge in [-0.15, -0.1) is 0 Å². The van der Waals surface area contributed by atoms with Crippen molar-refractivity contribution in [2.75, 3.05) is 13.1 Å². The molecule has 1 fully saturated rings.